The summed E-state index contributed by atoms with van der Waals surface area (Å²) in [6.07, 6.45) is 1.32. The Morgan fingerprint density at radius 1 is 1.26 bits per heavy atom. The van der Waals surface area contributed by atoms with E-state index in [1.165, 1.54) is 6.08 Å². The van der Waals surface area contributed by atoms with Gasteiger partial charge in [-0.1, -0.05) is 12.1 Å². The third-order valence-electron chi connectivity index (χ3n) is 2.98. The molecule has 1 heterocycles. The van der Waals surface area contributed by atoms with Crippen molar-refractivity contribution in [3.63, 3.8) is 0 Å². The van der Waals surface area contributed by atoms with Crippen molar-refractivity contribution in [1.82, 2.24) is 0 Å². The third-order valence-corrected chi connectivity index (χ3v) is 2.98. The molecule has 6 nitrogen and oxygen atoms in total. The Hall–Kier alpha value is -3.33. The standard InChI is InChI=1S/C17H14N2O4/c1-2-22-17(21)13(10-18)9-14-7-8-15(23-14)11-3-5-12(6-4-11)16(19)20/h3-9H,2H2,1H3,(H2,19,20). The van der Waals surface area contributed by atoms with E-state index in [0.29, 0.717) is 17.1 Å². The average Bonchev–Trinajstić information content (AvgIpc) is 3.01. The normalized spacial score (nSPS) is 10.9. The number of amides is 1. The number of carbonyl (C=O) groups excluding carboxylic acids is 2. The van der Waals surface area contributed by atoms with Crippen molar-refractivity contribution in [2.75, 3.05) is 6.61 Å². The van der Waals surface area contributed by atoms with Gasteiger partial charge < -0.3 is 14.9 Å². The molecule has 0 unspecified atom stereocenters. The molecule has 1 aromatic carbocycles. The summed E-state index contributed by atoms with van der Waals surface area (Å²) in [6, 6.07) is 11.7. The lowest BCUT2D eigenvalue weighted by Crippen LogP contribution is -2.10. The van der Waals surface area contributed by atoms with Crippen molar-refractivity contribution >= 4 is 18.0 Å². The zero-order valence-corrected chi connectivity index (χ0v) is 12.4. The van der Waals surface area contributed by atoms with Gasteiger partial charge in [0.25, 0.3) is 0 Å². The zero-order valence-electron chi connectivity index (χ0n) is 12.4. The lowest BCUT2D eigenvalue weighted by molar-refractivity contribution is -0.137. The summed E-state index contributed by atoms with van der Waals surface area (Å²) in [4.78, 5) is 22.6. The molecule has 23 heavy (non-hydrogen) atoms. The van der Waals surface area contributed by atoms with Gasteiger partial charge in [0.2, 0.25) is 5.91 Å². The number of rotatable bonds is 5. The highest BCUT2D eigenvalue weighted by Crippen LogP contribution is 2.24. The van der Waals surface area contributed by atoms with E-state index in [2.05, 4.69) is 0 Å². The van der Waals surface area contributed by atoms with Gasteiger partial charge in [-0.25, -0.2) is 4.79 Å². The smallest absolute Gasteiger partial charge is 0.349 e. The Morgan fingerprint density at radius 3 is 2.52 bits per heavy atom. The second-order valence-corrected chi connectivity index (χ2v) is 4.53. The second kappa shape index (κ2) is 7.09. The Balaban J connectivity index is 2.25. The Bertz CT molecular complexity index is 795. The minimum atomic E-state index is -0.696. The van der Waals surface area contributed by atoms with Crippen LogP contribution in [0, 0.1) is 11.3 Å². The predicted molar refractivity (Wildman–Crippen MR) is 82.9 cm³/mol. The van der Waals surface area contributed by atoms with Crippen LogP contribution in [0.5, 0.6) is 0 Å². The largest absolute Gasteiger partial charge is 0.462 e. The number of nitriles is 1. The lowest BCUT2D eigenvalue weighted by atomic mass is 10.1. The van der Waals surface area contributed by atoms with Crippen molar-refractivity contribution in [2.45, 2.75) is 6.92 Å². The molecule has 0 radical (unpaired) electrons. The number of hydrogen-bond acceptors (Lipinski definition) is 5. The maximum atomic E-state index is 11.6. The molecule has 0 atom stereocenters. The van der Waals surface area contributed by atoms with Crippen LogP contribution in [-0.2, 0) is 9.53 Å². The quantitative estimate of drug-likeness (QED) is 0.519. The first-order chi connectivity index (χ1) is 11.0. The van der Waals surface area contributed by atoms with Crippen molar-refractivity contribution in [1.29, 1.82) is 5.26 Å². The topological polar surface area (TPSA) is 106 Å². The Kier molecular flexibility index (Phi) is 4.95. The highest BCUT2D eigenvalue weighted by atomic mass is 16.5. The number of ether oxygens (including phenoxy) is 1. The first-order valence-corrected chi connectivity index (χ1v) is 6.84. The predicted octanol–water partition coefficient (Wildman–Crippen LogP) is 2.52. The number of furan rings is 1. The van der Waals surface area contributed by atoms with E-state index in [-0.39, 0.29) is 12.2 Å². The van der Waals surface area contributed by atoms with Crippen LogP contribution in [0.4, 0.5) is 0 Å². The number of nitrogens with zero attached hydrogens (tertiary/aromatic N) is 1. The molecule has 0 bridgehead atoms. The summed E-state index contributed by atoms with van der Waals surface area (Å²) >= 11 is 0. The zero-order chi connectivity index (χ0) is 16.8. The minimum absolute atomic E-state index is 0.142. The molecule has 116 valence electrons. The van der Waals surface area contributed by atoms with Crippen LogP contribution < -0.4 is 5.73 Å². The van der Waals surface area contributed by atoms with Gasteiger partial charge >= 0.3 is 5.97 Å². The second-order valence-electron chi connectivity index (χ2n) is 4.53. The van der Waals surface area contributed by atoms with Gasteiger partial charge in [0.1, 0.15) is 23.2 Å². The van der Waals surface area contributed by atoms with Crippen LogP contribution in [-0.4, -0.2) is 18.5 Å². The molecule has 2 rings (SSSR count). The molecule has 0 saturated heterocycles. The Morgan fingerprint density at radius 2 is 1.96 bits per heavy atom. The summed E-state index contributed by atoms with van der Waals surface area (Å²) in [5, 5.41) is 8.99. The number of esters is 1. The van der Waals surface area contributed by atoms with Crippen LogP contribution >= 0.6 is 0 Å². The van der Waals surface area contributed by atoms with Gasteiger partial charge in [0.05, 0.1) is 6.61 Å². The fourth-order valence-corrected chi connectivity index (χ4v) is 1.87. The molecular formula is C17H14N2O4. The highest BCUT2D eigenvalue weighted by Gasteiger charge is 2.12. The van der Waals surface area contributed by atoms with E-state index >= 15 is 0 Å². The molecule has 2 aromatic rings. The van der Waals surface area contributed by atoms with E-state index in [1.807, 2.05) is 0 Å². The molecule has 0 fully saturated rings. The van der Waals surface area contributed by atoms with Crippen LogP contribution in [0.2, 0.25) is 0 Å². The summed E-state index contributed by atoms with van der Waals surface area (Å²) in [6.45, 7) is 1.85. The monoisotopic (exact) mass is 310 g/mol. The summed E-state index contributed by atoms with van der Waals surface area (Å²) in [7, 11) is 0. The molecule has 1 aromatic heterocycles. The molecule has 0 aliphatic heterocycles. The minimum Gasteiger partial charge on any atom is -0.462 e. The molecule has 1 amide bonds. The average molecular weight is 310 g/mol. The lowest BCUT2D eigenvalue weighted by Gasteiger charge is -1.99. The number of hydrogen-bond donors (Lipinski definition) is 1. The highest BCUT2D eigenvalue weighted by molar-refractivity contribution is 5.97. The molecule has 2 N–H and O–H groups in total. The maximum absolute atomic E-state index is 11.6. The van der Waals surface area contributed by atoms with Crippen LogP contribution in [0.25, 0.3) is 17.4 Å². The van der Waals surface area contributed by atoms with Crippen molar-refractivity contribution in [2.24, 2.45) is 5.73 Å². The SMILES string of the molecule is CCOC(=O)C(C#N)=Cc1ccc(-c2ccc(C(N)=O)cc2)o1. The van der Waals surface area contributed by atoms with E-state index in [4.69, 9.17) is 20.1 Å². The molecule has 0 aliphatic rings. The van der Waals surface area contributed by atoms with Gasteiger partial charge in [0, 0.05) is 17.2 Å². The van der Waals surface area contributed by atoms with E-state index in [9.17, 15) is 9.59 Å². The third kappa shape index (κ3) is 3.86. The molecule has 0 aliphatic carbocycles. The number of nitrogens with two attached hydrogens (primary N) is 1. The van der Waals surface area contributed by atoms with Gasteiger partial charge in [-0.05, 0) is 31.2 Å². The molecule has 6 heteroatoms. The van der Waals surface area contributed by atoms with Gasteiger partial charge in [-0.2, -0.15) is 5.26 Å². The van der Waals surface area contributed by atoms with Crippen LogP contribution in [0.1, 0.15) is 23.0 Å². The van der Waals surface area contributed by atoms with Crippen molar-refractivity contribution in [3.05, 3.63) is 53.3 Å². The summed E-state index contributed by atoms with van der Waals surface area (Å²) in [5.41, 5.74) is 6.18. The van der Waals surface area contributed by atoms with E-state index < -0.39 is 11.9 Å². The molecular weight excluding hydrogens is 296 g/mol. The summed E-state index contributed by atoms with van der Waals surface area (Å²) < 4.78 is 10.4. The van der Waals surface area contributed by atoms with Crippen molar-refractivity contribution < 1.29 is 18.7 Å². The number of carbonyl (C=O) groups is 2. The molecule has 0 saturated carbocycles. The number of benzene rings is 1. The van der Waals surface area contributed by atoms with E-state index in [1.54, 1.807) is 49.4 Å². The first kappa shape index (κ1) is 16.0. The summed E-state index contributed by atoms with van der Waals surface area (Å²) in [5.74, 6) is -0.316. The first-order valence-electron chi connectivity index (χ1n) is 6.84. The van der Waals surface area contributed by atoms with Gasteiger partial charge in [-0.15, -0.1) is 0 Å². The molecule has 0 spiro atoms. The van der Waals surface area contributed by atoms with Crippen LogP contribution in [0.3, 0.4) is 0 Å². The van der Waals surface area contributed by atoms with Crippen molar-refractivity contribution in [3.8, 4) is 17.4 Å². The number of primary amides is 1. The van der Waals surface area contributed by atoms with Gasteiger partial charge in [0.15, 0.2) is 0 Å². The van der Waals surface area contributed by atoms with E-state index in [0.717, 1.165) is 5.56 Å². The van der Waals surface area contributed by atoms with Crippen LogP contribution in [0.15, 0.2) is 46.4 Å². The van der Waals surface area contributed by atoms with Gasteiger partial charge in [-0.3, -0.25) is 4.79 Å². The Labute approximate surface area is 132 Å². The maximum Gasteiger partial charge on any atom is 0.349 e. The fraction of sp³-hybridized carbons (Fsp3) is 0.118. The fourth-order valence-electron chi connectivity index (χ4n) is 1.87.